The molecule has 0 fully saturated rings. The van der Waals surface area contributed by atoms with E-state index in [1.165, 1.54) is 180 Å². The number of unbranched alkanes of at least 4 members (excludes halogenated alkanes) is 32. The average Bonchev–Trinajstić information content (AvgIpc) is 3.27. The molecule has 0 aliphatic heterocycles. The lowest BCUT2D eigenvalue weighted by molar-refractivity contribution is -0.161. The third kappa shape index (κ3) is 46.5. The molecule has 0 aromatic carbocycles. The Morgan fingerprint density at radius 1 is 0.469 bits per heavy atom. The minimum Gasteiger partial charge on any atom is -0.480 e. The Bertz CT molecular complexity index is 1180. The fourth-order valence-electron chi connectivity index (χ4n) is 7.53. The van der Waals surface area contributed by atoms with Crippen LogP contribution in [0.2, 0.25) is 0 Å². The van der Waals surface area contributed by atoms with Crippen molar-refractivity contribution in [3.8, 4) is 0 Å². The zero-order valence-electron chi connectivity index (χ0n) is 41.1. The number of hydrogen-bond donors (Lipinski definition) is 3. The molecule has 11 nitrogen and oxygen atoms in total. The highest BCUT2D eigenvalue weighted by Gasteiger charge is 2.28. The van der Waals surface area contributed by atoms with E-state index in [1.54, 1.807) is 0 Å². The van der Waals surface area contributed by atoms with Crippen LogP contribution in [-0.2, 0) is 37.5 Å². The molecule has 0 aromatic heterocycles. The number of ether oxygens (including phenoxy) is 2. The summed E-state index contributed by atoms with van der Waals surface area (Å²) in [6.07, 6.45) is 52.4. The Labute approximate surface area is 391 Å². The van der Waals surface area contributed by atoms with E-state index in [1.807, 2.05) is 0 Å². The summed E-state index contributed by atoms with van der Waals surface area (Å²) < 4.78 is 32.9. The maximum absolute atomic E-state index is 12.7. The van der Waals surface area contributed by atoms with Crippen LogP contribution in [0.3, 0.4) is 0 Å². The zero-order chi connectivity index (χ0) is 47.0. The second-order valence-electron chi connectivity index (χ2n) is 18.0. The molecule has 0 heterocycles. The third-order valence-electron chi connectivity index (χ3n) is 11.7. The molecular formula is C52H98NO10P. The van der Waals surface area contributed by atoms with Crippen molar-refractivity contribution in [3.05, 3.63) is 24.3 Å². The molecule has 4 N–H and O–H groups in total. The normalized spacial score (nSPS) is 13.7. The van der Waals surface area contributed by atoms with Crippen molar-refractivity contribution in [3.63, 3.8) is 0 Å². The van der Waals surface area contributed by atoms with E-state index in [9.17, 15) is 23.8 Å². The first-order valence-electron chi connectivity index (χ1n) is 26.4. The number of carboxylic acid groups (broad SMARTS) is 1. The second-order valence-corrected chi connectivity index (χ2v) is 19.5. The molecule has 376 valence electrons. The molecular weight excluding hydrogens is 830 g/mol. The van der Waals surface area contributed by atoms with Crippen molar-refractivity contribution < 1.29 is 47.5 Å². The van der Waals surface area contributed by atoms with Crippen LogP contribution in [0.25, 0.3) is 0 Å². The second kappa shape index (κ2) is 47.5. The molecule has 0 aliphatic rings. The van der Waals surface area contributed by atoms with Gasteiger partial charge in [0.05, 0.1) is 13.2 Å². The van der Waals surface area contributed by atoms with E-state index in [4.69, 9.17) is 24.8 Å². The van der Waals surface area contributed by atoms with E-state index in [0.29, 0.717) is 12.8 Å². The van der Waals surface area contributed by atoms with Gasteiger partial charge >= 0.3 is 25.7 Å². The number of hydrogen-bond acceptors (Lipinski definition) is 9. The molecule has 12 heteroatoms. The van der Waals surface area contributed by atoms with Gasteiger partial charge in [-0.15, -0.1) is 0 Å². The van der Waals surface area contributed by atoms with Crippen LogP contribution in [-0.4, -0.2) is 59.9 Å². The topological polar surface area (TPSA) is 172 Å². The fraction of sp³-hybridized carbons (Fsp3) is 0.865. The predicted molar refractivity (Wildman–Crippen MR) is 263 cm³/mol. The number of carboxylic acids is 1. The van der Waals surface area contributed by atoms with Crippen LogP contribution in [0.1, 0.15) is 258 Å². The lowest BCUT2D eigenvalue weighted by atomic mass is 10.1. The number of carbonyl (C=O) groups is 3. The van der Waals surface area contributed by atoms with Gasteiger partial charge < -0.3 is 25.2 Å². The van der Waals surface area contributed by atoms with Gasteiger partial charge in [-0.05, 0) is 64.2 Å². The molecule has 3 atom stereocenters. The van der Waals surface area contributed by atoms with E-state index in [2.05, 4.69) is 42.7 Å². The average molecular weight is 928 g/mol. The van der Waals surface area contributed by atoms with Crippen LogP contribution < -0.4 is 5.73 Å². The number of carbonyl (C=O) groups excluding carboxylic acids is 2. The van der Waals surface area contributed by atoms with Crippen molar-refractivity contribution >= 4 is 25.7 Å². The number of nitrogens with two attached hydrogens (primary N) is 1. The van der Waals surface area contributed by atoms with Crippen LogP contribution in [0.5, 0.6) is 0 Å². The summed E-state index contributed by atoms with van der Waals surface area (Å²) in [5.41, 5.74) is 5.36. The Kier molecular flexibility index (Phi) is 45.9. The molecule has 0 radical (unpaired) electrons. The Morgan fingerprint density at radius 3 is 1.14 bits per heavy atom. The summed E-state index contributed by atoms with van der Waals surface area (Å²) in [7, 11) is -4.72. The van der Waals surface area contributed by atoms with Crippen LogP contribution in [0, 0.1) is 0 Å². The monoisotopic (exact) mass is 928 g/mol. The van der Waals surface area contributed by atoms with E-state index < -0.39 is 51.1 Å². The lowest BCUT2D eigenvalue weighted by Gasteiger charge is -2.20. The van der Waals surface area contributed by atoms with Gasteiger partial charge in [-0.3, -0.25) is 23.4 Å². The number of rotatable bonds is 50. The van der Waals surface area contributed by atoms with E-state index in [0.717, 1.165) is 38.5 Å². The van der Waals surface area contributed by atoms with Crippen molar-refractivity contribution in [2.45, 2.75) is 270 Å². The standard InChI is InChI=1S/C52H98NO10P/c1-3-5-7-9-11-13-15-17-19-21-23-24-26-28-30-32-34-36-38-40-42-44-51(55)63-48(46-61-64(58,59)62-47-49(53)52(56)57)45-60-50(54)43-41-39-37-35-33-31-29-27-25-22-20-18-16-14-12-10-8-6-4-2/h18,20-21,23,48-49H,3-17,19,22,24-47,53H2,1-2H3,(H,56,57)(H,58,59)/b20-18-,23-21-. The highest BCUT2D eigenvalue weighted by molar-refractivity contribution is 7.47. The number of esters is 2. The van der Waals surface area contributed by atoms with Crippen LogP contribution in [0.15, 0.2) is 24.3 Å². The van der Waals surface area contributed by atoms with Gasteiger partial charge in [0.15, 0.2) is 6.10 Å². The molecule has 0 saturated heterocycles. The molecule has 0 amide bonds. The first-order valence-corrected chi connectivity index (χ1v) is 27.9. The van der Waals surface area contributed by atoms with Gasteiger partial charge in [0.1, 0.15) is 12.6 Å². The number of phosphoric ester groups is 1. The highest BCUT2D eigenvalue weighted by Crippen LogP contribution is 2.43. The molecule has 0 aliphatic carbocycles. The molecule has 0 saturated carbocycles. The van der Waals surface area contributed by atoms with Gasteiger partial charge in [0.2, 0.25) is 0 Å². The van der Waals surface area contributed by atoms with Crippen molar-refractivity contribution in [1.82, 2.24) is 0 Å². The summed E-state index contributed by atoms with van der Waals surface area (Å²) in [6.45, 7) is 2.84. The van der Waals surface area contributed by atoms with Gasteiger partial charge in [0, 0.05) is 12.8 Å². The van der Waals surface area contributed by atoms with E-state index in [-0.39, 0.29) is 19.4 Å². The summed E-state index contributed by atoms with van der Waals surface area (Å²) in [6, 6.07) is -1.52. The van der Waals surface area contributed by atoms with Gasteiger partial charge in [-0.2, -0.15) is 0 Å². The van der Waals surface area contributed by atoms with Crippen molar-refractivity contribution in [2.24, 2.45) is 5.73 Å². The maximum Gasteiger partial charge on any atom is 0.472 e. The van der Waals surface area contributed by atoms with Crippen LogP contribution >= 0.6 is 7.82 Å². The van der Waals surface area contributed by atoms with Crippen LogP contribution in [0.4, 0.5) is 0 Å². The first kappa shape index (κ1) is 62.0. The summed E-state index contributed by atoms with van der Waals surface area (Å²) in [5, 5.41) is 8.93. The number of phosphoric acid groups is 1. The minimum atomic E-state index is -4.72. The summed E-state index contributed by atoms with van der Waals surface area (Å²) in [4.78, 5) is 46.2. The molecule has 0 rings (SSSR count). The minimum absolute atomic E-state index is 0.161. The highest BCUT2D eigenvalue weighted by atomic mass is 31.2. The Morgan fingerprint density at radius 2 is 0.781 bits per heavy atom. The lowest BCUT2D eigenvalue weighted by Crippen LogP contribution is -2.34. The number of aliphatic carboxylic acids is 1. The first-order chi connectivity index (χ1) is 31.1. The zero-order valence-corrected chi connectivity index (χ0v) is 42.0. The predicted octanol–water partition coefficient (Wildman–Crippen LogP) is 15.0. The molecule has 3 unspecified atom stereocenters. The smallest absolute Gasteiger partial charge is 0.472 e. The Balaban J connectivity index is 4.22. The van der Waals surface area contributed by atoms with Gasteiger partial charge in [0.25, 0.3) is 0 Å². The summed E-state index contributed by atoms with van der Waals surface area (Å²) in [5.74, 6) is -2.37. The van der Waals surface area contributed by atoms with E-state index >= 15 is 0 Å². The van der Waals surface area contributed by atoms with Gasteiger partial charge in [-0.25, -0.2) is 4.57 Å². The molecule has 0 aromatic rings. The van der Waals surface area contributed by atoms with Crippen molar-refractivity contribution in [1.29, 1.82) is 0 Å². The quantitative estimate of drug-likeness (QED) is 0.0229. The SMILES string of the molecule is CCCCCCCC/C=C\CCCCCCCCCCCC(=O)OCC(COP(=O)(O)OCC(N)C(=O)O)OC(=O)CCCCCCCCCCC/C=C\CCCCCCCCCC. The Hall–Kier alpha value is -2.04. The molecule has 0 spiro atoms. The maximum atomic E-state index is 12.7. The fourth-order valence-corrected chi connectivity index (χ4v) is 8.31. The largest absolute Gasteiger partial charge is 0.480 e. The van der Waals surface area contributed by atoms with Gasteiger partial charge in [-0.1, -0.05) is 205 Å². The molecule has 64 heavy (non-hydrogen) atoms. The summed E-state index contributed by atoms with van der Waals surface area (Å²) >= 11 is 0. The third-order valence-corrected chi connectivity index (χ3v) is 12.6. The van der Waals surface area contributed by atoms with Crippen molar-refractivity contribution in [2.75, 3.05) is 19.8 Å². The molecule has 0 bridgehead atoms. The number of allylic oxidation sites excluding steroid dienone is 4.